The van der Waals surface area contributed by atoms with Crippen LogP contribution >= 0.6 is 0 Å². The van der Waals surface area contributed by atoms with Crippen LogP contribution < -0.4 is 5.32 Å². The van der Waals surface area contributed by atoms with Crippen LogP contribution in [0.3, 0.4) is 0 Å². The van der Waals surface area contributed by atoms with Crippen LogP contribution in [0.1, 0.15) is 36.0 Å². The molecule has 1 aromatic heterocycles. The Labute approximate surface area is 142 Å². The molecule has 1 fully saturated rings. The Morgan fingerprint density at radius 1 is 1.40 bits per heavy atom. The molecule has 1 amide bonds. The maximum Gasteiger partial charge on any atom is 0.417 e. The first-order valence-electron chi connectivity index (χ1n) is 7.71. The van der Waals surface area contributed by atoms with Gasteiger partial charge in [0, 0.05) is 11.9 Å². The number of amides is 1. The number of alkyl halides is 3. The number of benzene rings is 1. The third-order valence-electron chi connectivity index (χ3n) is 4.46. The van der Waals surface area contributed by atoms with Crippen LogP contribution in [0.4, 0.5) is 18.9 Å². The molecule has 0 unspecified atom stereocenters. The van der Waals surface area contributed by atoms with E-state index in [1.807, 2.05) is 6.92 Å². The van der Waals surface area contributed by atoms with Crippen molar-refractivity contribution >= 4 is 11.6 Å². The van der Waals surface area contributed by atoms with Crippen molar-refractivity contribution in [3.05, 3.63) is 47.3 Å². The summed E-state index contributed by atoms with van der Waals surface area (Å²) in [5.41, 5.74) is -1.51. The van der Waals surface area contributed by atoms with Crippen molar-refractivity contribution in [1.29, 1.82) is 5.26 Å². The molecule has 0 radical (unpaired) electrons. The molecule has 0 atom stereocenters. The van der Waals surface area contributed by atoms with E-state index in [4.69, 9.17) is 5.26 Å². The van der Waals surface area contributed by atoms with Crippen LogP contribution in [0.5, 0.6) is 0 Å². The third-order valence-corrected chi connectivity index (χ3v) is 4.46. The molecule has 0 bridgehead atoms. The van der Waals surface area contributed by atoms with Crippen LogP contribution in [-0.4, -0.2) is 15.7 Å². The molecule has 0 aliphatic heterocycles. The Kier molecular flexibility index (Phi) is 4.03. The Morgan fingerprint density at radius 2 is 2.12 bits per heavy atom. The summed E-state index contributed by atoms with van der Waals surface area (Å²) in [6, 6.07) is 4.66. The largest absolute Gasteiger partial charge is 0.417 e. The molecule has 1 heterocycles. The van der Waals surface area contributed by atoms with Gasteiger partial charge >= 0.3 is 6.18 Å². The number of aryl methyl sites for hydroxylation is 1. The van der Waals surface area contributed by atoms with Crippen molar-refractivity contribution in [3.63, 3.8) is 0 Å². The van der Waals surface area contributed by atoms with E-state index in [2.05, 4.69) is 10.4 Å². The zero-order valence-corrected chi connectivity index (χ0v) is 13.4. The van der Waals surface area contributed by atoms with Gasteiger partial charge in [0.05, 0.1) is 23.4 Å². The number of nitrogens with one attached hydrogen (secondary N) is 1. The zero-order chi connectivity index (χ0) is 18.2. The van der Waals surface area contributed by atoms with Gasteiger partial charge in [0.15, 0.2) is 0 Å². The summed E-state index contributed by atoms with van der Waals surface area (Å²) in [7, 11) is 0. The highest BCUT2D eigenvalue weighted by Gasteiger charge is 2.47. The second-order valence-corrected chi connectivity index (χ2v) is 6.17. The second-order valence-electron chi connectivity index (χ2n) is 6.17. The monoisotopic (exact) mass is 348 g/mol. The lowest BCUT2D eigenvalue weighted by atomic mass is 9.76. The van der Waals surface area contributed by atoms with Gasteiger partial charge in [-0.2, -0.15) is 23.5 Å². The summed E-state index contributed by atoms with van der Waals surface area (Å²) in [5.74, 6) is -0.403. The molecule has 1 aliphatic rings. The van der Waals surface area contributed by atoms with Gasteiger partial charge in [-0.1, -0.05) is 0 Å². The fourth-order valence-electron chi connectivity index (χ4n) is 2.92. The number of hydrogen-bond donors (Lipinski definition) is 1. The molecular weight excluding hydrogens is 333 g/mol. The molecule has 1 N–H and O–H groups in total. The summed E-state index contributed by atoms with van der Waals surface area (Å²) < 4.78 is 40.7. The van der Waals surface area contributed by atoms with Gasteiger partial charge in [-0.05, 0) is 49.9 Å². The number of carbonyl (C=O) groups is 1. The number of nitrogens with zero attached hydrogens (tertiary/aromatic N) is 3. The summed E-state index contributed by atoms with van der Waals surface area (Å²) in [5, 5.41) is 15.6. The number of halogens is 3. The molecule has 3 rings (SSSR count). The first-order chi connectivity index (χ1) is 11.8. The van der Waals surface area contributed by atoms with Crippen molar-refractivity contribution in [2.75, 3.05) is 5.32 Å². The molecule has 1 saturated carbocycles. The van der Waals surface area contributed by atoms with Gasteiger partial charge in [-0.25, -0.2) is 0 Å². The SMILES string of the molecule is Cc1cnn(C2(C(=O)Nc3ccc(C#N)c(C(F)(F)F)c3)CCC2)c1. The fourth-order valence-corrected chi connectivity index (χ4v) is 2.92. The molecule has 8 heteroatoms. The van der Waals surface area contributed by atoms with E-state index in [0.29, 0.717) is 12.8 Å². The summed E-state index contributed by atoms with van der Waals surface area (Å²) in [4.78, 5) is 12.7. The number of rotatable bonds is 3. The third kappa shape index (κ3) is 2.97. The smallest absolute Gasteiger partial charge is 0.324 e. The van der Waals surface area contributed by atoms with E-state index >= 15 is 0 Å². The number of nitriles is 1. The molecule has 1 aliphatic carbocycles. The van der Waals surface area contributed by atoms with Crippen molar-refractivity contribution in [2.45, 2.75) is 37.9 Å². The van der Waals surface area contributed by atoms with Crippen molar-refractivity contribution in [3.8, 4) is 6.07 Å². The Hall–Kier alpha value is -2.82. The molecule has 25 heavy (non-hydrogen) atoms. The first-order valence-corrected chi connectivity index (χ1v) is 7.71. The molecular formula is C17H15F3N4O. The fraction of sp³-hybridized carbons (Fsp3) is 0.353. The number of aromatic nitrogens is 2. The summed E-state index contributed by atoms with van der Waals surface area (Å²) in [6.07, 6.45) is 0.701. The highest BCUT2D eigenvalue weighted by molar-refractivity contribution is 5.97. The second kappa shape index (κ2) is 5.92. The molecule has 0 saturated heterocycles. The maximum absolute atomic E-state index is 13.1. The topological polar surface area (TPSA) is 70.7 Å². The van der Waals surface area contributed by atoms with Crippen molar-refractivity contribution < 1.29 is 18.0 Å². The van der Waals surface area contributed by atoms with E-state index in [9.17, 15) is 18.0 Å². The lowest BCUT2D eigenvalue weighted by molar-refractivity contribution is -0.137. The Bertz CT molecular complexity index is 860. The number of anilines is 1. The van der Waals surface area contributed by atoms with Gasteiger partial charge in [0.25, 0.3) is 5.91 Å². The van der Waals surface area contributed by atoms with Gasteiger partial charge in [-0.15, -0.1) is 0 Å². The highest BCUT2D eigenvalue weighted by Crippen LogP contribution is 2.40. The van der Waals surface area contributed by atoms with Gasteiger partial charge in [0.1, 0.15) is 5.54 Å². The molecule has 130 valence electrons. The normalized spacial score (nSPS) is 16.0. The zero-order valence-electron chi connectivity index (χ0n) is 13.4. The average molecular weight is 348 g/mol. The molecule has 0 spiro atoms. The van der Waals surface area contributed by atoms with E-state index < -0.39 is 28.7 Å². The minimum absolute atomic E-state index is 0.00600. The molecule has 1 aromatic carbocycles. The number of hydrogen-bond acceptors (Lipinski definition) is 3. The van der Waals surface area contributed by atoms with E-state index in [0.717, 1.165) is 24.1 Å². The predicted molar refractivity (Wildman–Crippen MR) is 83.6 cm³/mol. The highest BCUT2D eigenvalue weighted by atomic mass is 19.4. The van der Waals surface area contributed by atoms with Crippen LogP contribution in [0.15, 0.2) is 30.6 Å². The van der Waals surface area contributed by atoms with Crippen LogP contribution in [0, 0.1) is 18.3 Å². The van der Waals surface area contributed by atoms with Crippen molar-refractivity contribution in [1.82, 2.24) is 9.78 Å². The quantitative estimate of drug-likeness (QED) is 0.921. The Morgan fingerprint density at radius 3 is 2.60 bits per heavy atom. The molecule has 5 nitrogen and oxygen atoms in total. The standard InChI is InChI=1S/C17H15F3N4O/c1-11-9-22-24(10-11)16(5-2-6-16)15(25)23-13-4-3-12(8-21)14(7-13)17(18,19)20/h3-4,7,9-10H,2,5-6H2,1H3,(H,23,25). The van der Waals surface area contributed by atoms with Gasteiger partial charge < -0.3 is 5.32 Å². The van der Waals surface area contributed by atoms with Crippen LogP contribution in [0.25, 0.3) is 0 Å². The first kappa shape index (κ1) is 17.0. The minimum Gasteiger partial charge on any atom is -0.324 e. The van der Waals surface area contributed by atoms with E-state index in [1.165, 1.54) is 12.1 Å². The molecule has 2 aromatic rings. The van der Waals surface area contributed by atoms with Crippen LogP contribution in [0.2, 0.25) is 0 Å². The lowest BCUT2D eigenvalue weighted by Gasteiger charge is -2.40. The van der Waals surface area contributed by atoms with Crippen LogP contribution in [-0.2, 0) is 16.5 Å². The maximum atomic E-state index is 13.1. The lowest BCUT2D eigenvalue weighted by Crippen LogP contribution is -2.51. The van der Waals surface area contributed by atoms with E-state index in [1.54, 1.807) is 17.1 Å². The Balaban J connectivity index is 1.89. The summed E-state index contributed by atoms with van der Waals surface area (Å²) >= 11 is 0. The van der Waals surface area contributed by atoms with Gasteiger partial charge in [-0.3, -0.25) is 9.48 Å². The number of carbonyl (C=O) groups excluding carboxylic acids is 1. The summed E-state index contributed by atoms with van der Waals surface area (Å²) in [6.45, 7) is 1.85. The minimum atomic E-state index is -4.67. The van der Waals surface area contributed by atoms with Gasteiger partial charge in [0.2, 0.25) is 0 Å². The average Bonchev–Trinajstić information content (AvgIpc) is 2.92. The van der Waals surface area contributed by atoms with E-state index in [-0.39, 0.29) is 5.69 Å². The predicted octanol–water partition coefficient (Wildman–Crippen LogP) is 3.60. The van der Waals surface area contributed by atoms with Crippen molar-refractivity contribution in [2.24, 2.45) is 0 Å².